The van der Waals surface area contributed by atoms with Crippen LogP contribution in [0.3, 0.4) is 0 Å². The van der Waals surface area contributed by atoms with E-state index in [-0.39, 0.29) is 5.75 Å². The zero-order valence-electron chi connectivity index (χ0n) is 10.7. The van der Waals surface area contributed by atoms with Gasteiger partial charge in [-0.3, -0.25) is 0 Å². The highest BCUT2D eigenvalue weighted by Crippen LogP contribution is 2.28. The van der Waals surface area contributed by atoms with Crippen LogP contribution in [-0.4, -0.2) is 26.9 Å². The van der Waals surface area contributed by atoms with Gasteiger partial charge in [0, 0.05) is 6.61 Å². The van der Waals surface area contributed by atoms with E-state index in [4.69, 9.17) is 9.88 Å². The van der Waals surface area contributed by atoms with Crippen LogP contribution in [0.1, 0.15) is 51.9 Å². The molecule has 0 bridgehead atoms. The number of sulfonamides is 1. The van der Waals surface area contributed by atoms with Crippen LogP contribution in [0.25, 0.3) is 0 Å². The molecule has 0 heterocycles. The van der Waals surface area contributed by atoms with Gasteiger partial charge in [-0.25, -0.2) is 13.6 Å². The third-order valence-electron chi connectivity index (χ3n) is 3.49. The summed E-state index contributed by atoms with van der Waals surface area (Å²) in [6, 6.07) is 0. The molecule has 5 heteroatoms. The smallest absolute Gasteiger partial charge is 0.209 e. The second-order valence-electron chi connectivity index (χ2n) is 5.01. The summed E-state index contributed by atoms with van der Waals surface area (Å²) in [7, 11) is -3.30. The molecule has 1 aliphatic rings. The van der Waals surface area contributed by atoms with Crippen LogP contribution in [-0.2, 0) is 14.8 Å². The van der Waals surface area contributed by atoms with E-state index in [2.05, 4.69) is 6.92 Å². The molecule has 2 atom stereocenters. The van der Waals surface area contributed by atoms with Gasteiger partial charge in [-0.1, -0.05) is 26.2 Å². The second kappa shape index (κ2) is 7.34. The maximum atomic E-state index is 10.7. The predicted molar refractivity (Wildman–Crippen MR) is 69.2 cm³/mol. The Kier molecular flexibility index (Phi) is 6.44. The summed E-state index contributed by atoms with van der Waals surface area (Å²) in [5.74, 6) is 0.886. The first-order chi connectivity index (χ1) is 8.01. The molecule has 0 spiro atoms. The standard InChI is InChI=1S/C12H25NO3S/c1-2-11-6-5-7-12(10-11)16-8-3-4-9-17(13,14)15/h11-12H,2-10H2,1H3,(H2,13,14,15). The Hall–Kier alpha value is -0.130. The third kappa shape index (κ3) is 7.01. The average Bonchev–Trinajstić information content (AvgIpc) is 2.27. The van der Waals surface area contributed by atoms with E-state index >= 15 is 0 Å². The summed E-state index contributed by atoms with van der Waals surface area (Å²) in [6.45, 7) is 2.90. The highest BCUT2D eigenvalue weighted by molar-refractivity contribution is 7.89. The van der Waals surface area contributed by atoms with Crippen LogP contribution in [0.2, 0.25) is 0 Å². The fourth-order valence-corrected chi connectivity index (χ4v) is 3.03. The number of hydrogen-bond acceptors (Lipinski definition) is 3. The molecular weight excluding hydrogens is 238 g/mol. The lowest BCUT2D eigenvalue weighted by Crippen LogP contribution is -2.23. The maximum absolute atomic E-state index is 10.7. The van der Waals surface area contributed by atoms with E-state index in [1.165, 1.54) is 25.7 Å². The lowest BCUT2D eigenvalue weighted by molar-refractivity contribution is 0.0113. The summed E-state index contributed by atoms with van der Waals surface area (Å²) in [6.07, 6.45) is 7.94. The summed E-state index contributed by atoms with van der Waals surface area (Å²) < 4.78 is 27.2. The van der Waals surface area contributed by atoms with Crippen molar-refractivity contribution in [1.29, 1.82) is 0 Å². The van der Waals surface area contributed by atoms with Crippen LogP contribution in [0.4, 0.5) is 0 Å². The van der Waals surface area contributed by atoms with E-state index in [0.717, 1.165) is 18.8 Å². The number of ether oxygens (including phenoxy) is 1. The van der Waals surface area contributed by atoms with Gasteiger partial charge in [-0.05, 0) is 31.6 Å². The fraction of sp³-hybridized carbons (Fsp3) is 1.00. The van der Waals surface area contributed by atoms with Crippen molar-refractivity contribution in [1.82, 2.24) is 0 Å². The molecule has 0 aromatic heterocycles. The molecule has 0 aliphatic heterocycles. The molecule has 17 heavy (non-hydrogen) atoms. The number of nitrogens with two attached hydrogens (primary N) is 1. The molecule has 2 N–H and O–H groups in total. The van der Waals surface area contributed by atoms with Crippen molar-refractivity contribution >= 4 is 10.0 Å². The number of unbranched alkanes of at least 4 members (excludes halogenated alkanes) is 1. The van der Waals surface area contributed by atoms with Gasteiger partial charge in [0.05, 0.1) is 11.9 Å². The van der Waals surface area contributed by atoms with Gasteiger partial charge in [-0.2, -0.15) is 0 Å². The molecule has 0 radical (unpaired) electrons. The highest BCUT2D eigenvalue weighted by Gasteiger charge is 2.20. The van der Waals surface area contributed by atoms with Crippen LogP contribution in [0, 0.1) is 5.92 Å². The molecule has 0 saturated heterocycles. The topological polar surface area (TPSA) is 69.4 Å². The molecule has 0 amide bonds. The summed E-state index contributed by atoms with van der Waals surface area (Å²) >= 11 is 0. The SMILES string of the molecule is CCC1CCCC(OCCCCS(N)(=O)=O)C1. The van der Waals surface area contributed by atoms with Crippen molar-refractivity contribution in [2.75, 3.05) is 12.4 Å². The number of hydrogen-bond donors (Lipinski definition) is 1. The van der Waals surface area contributed by atoms with Gasteiger partial charge in [0.15, 0.2) is 0 Å². The molecule has 1 aliphatic carbocycles. The summed E-state index contributed by atoms with van der Waals surface area (Å²) in [5, 5.41) is 4.93. The Morgan fingerprint density at radius 3 is 2.71 bits per heavy atom. The Labute approximate surface area is 105 Å². The van der Waals surface area contributed by atoms with E-state index in [0.29, 0.717) is 19.1 Å². The van der Waals surface area contributed by atoms with E-state index in [9.17, 15) is 8.42 Å². The molecule has 2 unspecified atom stereocenters. The molecule has 0 aromatic rings. The van der Waals surface area contributed by atoms with E-state index in [1.54, 1.807) is 0 Å². The van der Waals surface area contributed by atoms with E-state index in [1.807, 2.05) is 0 Å². The summed E-state index contributed by atoms with van der Waals surface area (Å²) in [5.41, 5.74) is 0. The second-order valence-corrected chi connectivity index (χ2v) is 6.74. The number of rotatable bonds is 7. The van der Waals surface area contributed by atoms with Crippen LogP contribution < -0.4 is 5.14 Å². The molecule has 1 saturated carbocycles. The first kappa shape index (κ1) is 14.9. The first-order valence-corrected chi connectivity index (χ1v) is 8.35. The minimum Gasteiger partial charge on any atom is -0.378 e. The van der Waals surface area contributed by atoms with Crippen molar-refractivity contribution in [3.05, 3.63) is 0 Å². The van der Waals surface area contributed by atoms with Gasteiger partial charge >= 0.3 is 0 Å². The van der Waals surface area contributed by atoms with Crippen LogP contribution >= 0.6 is 0 Å². The Balaban J connectivity index is 2.06. The molecule has 102 valence electrons. The Morgan fingerprint density at radius 2 is 2.06 bits per heavy atom. The highest BCUT2D eigenvalue weighted by atomic mass is 32.2. The minimum atomic E-state index is -3.30. The van der Waals surface area contributed by atoms with Gasteiger partial charge < -0.3 is 4.74 Å². The van der Waals surface area contributed by atoms with Gasteiger partial charge in [-0.15, -0.1) is 0 Å². The molecule has 1 fully saturated rings. The lowest BCUT2D eigenvalue weighted by atomic mass is 9.85. The van der Waals surface area contributed by atoms with Crippen molar-refractivity contribution in [3.63, 3.8) is 0 Å². The lowest BCUT2D eigenvalue weighted by Gasteiger charge is -2.28. The van der Waals surface area contributed by atoms with Gasteiger partial charge in [0.2, 0.25) is 10.0 Å². The fourth-order valence-electron chi connectivity index (χ4n) is 2.42. The molecule has 4 nitrogen and oxygen atoms in total. The Morgan fingerprint density at radius 1 is 1.29 bits per heavy atom. The monoisotopic (exact) mass is 263 g/mol. The van der Waals surface area contributed by atoms with Crippen molar-refractivity contribution in [2.24, 2.45) is 11.1 Å². The van der Waals surface area contributed by atoms with E-state index < -0.39 is 10.0 Å². The first-order valence-electron chi connectivity index (χ1n) is 6.63. The van der Waals surface area contributed by atoms with Crippen molar-refractivity contribution in [2.45, 2.75) is 58.0 Å². The minimum absolute atomic E-state index is 0.0681. The normalized spacial score (nSPS) is 26.0. The van der Waals surface area contributed by atoms with Crippen molar-refractivity contribution < 1.29 is 13.2 Å². The summed E-state index contributed by atoms with van der Waals surface area (Å²) in [4.78, 5) is 0. The van der Waals surface area contributed by atoms with Crippen molar-refractivity contribution in [3.8, 4) is 0 Å². The predicted octanol–water partition coefficient (Wildman–Crippen LogP) is 2.04. The van der Waals surface area contributed by atoms with Gasteiger partial charge in [0.1, 0.15) is 0 Å². The van der Waals surface area contributed by atoms with Gasteiger partial charge in [0.25, 0.3) is 0 Å². The molecular formula is C12H25NO3S. The number of primary sulfonamides is 1. The zero-order chi connectivity index (χ0) is 12.7. The largest absolute Gasteiger partial charge is 0.378 e. The van der Waals surface area contributed by atoms with Crippen LogP contribution in [0.15, 0.2) is 0 Å². The van der Waals surface area contributed by atoms with Crippen LogP contribution in [0.5, 0.6) is 0 Å². The quantitative estimate of drug-likeness (QED) is 0.715. The third-order valence-corrected chi connectivity index (χ3v) is 4.35. The Bertz CT molecular complexity index is 303. The molecule has 0 aromatic carbocycles. The maximum Gasteiger partial charge on any atom is 0.209 e. The zero-order valence-corrected chi connectivity index (χ0v) is 11.5. The molecule has 1 rings (SSSR count). The average molecular weight is 263 g/mol.